The van der Waals surface area contributed by atoms with E-state index in [0.717, 1.165) is 10.7 Å². The number of benzene rings is 2. The summed E-state index contributed by atoms with van der Waals surface area (Å²) in [5.41, 5.74) is 4.12. The number of nitrogens with zero attached hydrogens (tertiary/aromatic N) is 3. The molecule has 2 aliphatic heterocycles. The second kappa shape index (κ2) is 9.96. The predicted molar refractivity (Wildman–Crippen MR) is 129 cm³/mol. The Morgan fingerprint density at radius 3 is 2.28 bits per heavy atom. The largest absolute Gasteiger partial charge is 0.455 e. The highest BCUT2D eigenvalue weighted by atomic mass is 35.5. The molecule has 0 saturated carbocycles. The summed E-state index contributed by atoms with van der Waals surface area (Å²) in [5, 5.41) is 0.865. The highest BCUT2D eigenvalue weighted by molar-refractivity contribution is 7.89. The number of rotatable bonds is 6. The van der Waals surface area contributed by atoms with Crippen molar-refractivity contribution in [2.24, 2.45) is 0 Å². The Kier molecular flexibility index (Phi) is 7.44. The molecule has 36 heavy (non-hydrogen) atoms. The van der Waals surface area contributed by atoms with E-state index < -0.39 is 40.6 Å². The highest BCUT2D eigenvalue weighted by Crippen LogP contribution is 2.47. The Bertz CT molecular complexity index is 1190. The first-order chi connectivity index (χ1) is 16.8. The number of para-hydroxylation sites is 1. The minimum atomic E-state index is -5.74. The van der Waals surface area contributed by atoms with Crippen molar-refractivity contribution in [3.05, 3.63) is 59.1 Å². The number of alkyl halides is 5. The van der Waals surface area contributed by atoms with E-state index in [2.05, 4.69) is 5.43 Å². The van der Waals surface area contributed by atoms with Crippen molar-refractivity contribution in [2.75, 3.05) is 41.8 Å². The van der Waals surface area contributed by atoms with E-state index in [-0.39, 0.29) is 16.5 Å². The van der Waals surface area contributed by atoms with Crippen molar-refractivity contribution >= 4 is 33.0 Å². The van der Waals surface area contributed by atoms with Gasteiger partial charge in [-0.05, 0) is 43.2 Å². The molecule has 2 aliphatic rings. The van der Waals surface area contributed by atoms with Crippen LogP contribution in [0, 0.1) is 0 Å². The molecule has 2 aromatic carbocycles. The monoisotopic (exact) mass is 552 g/mol. The Hall–Kier alpha value is -2.15. The fourth-order valence-corrected chi connectivity index (χ4v) is 5.89. The fraction of sp³-hybridized carbons (Fsp3) is 0.478. The number of hydrogen-bond acceptors (Lipinski definition) is 5. The molecule has 13 heteroatoms. The van der Waals surface area contributed by atoms with Crippen LogP contribution in [-0.4, -0.2) is 62.8 Å². The number of anilines is 2. The maximum atomic E-state index is 14.6. The van der Waals surface area contributed by atoms with E-state index in [9.17, 15) is 30.4 Å². The van der Waals surface area contributed by atoms with Gasteiger partial charge in [-0.25, -0.2) is 13.8 Å². The second-order valence-corrected chi connectivity index (χ2v) is 11.4. The van der Waals surface area contributed by atoms with Crippen LogP contribution in [0.4, 0.5) is 33.3 Å². The van der Waals surface area contributed by atoms with Gasteiger partial charge in [-0.15, -0.1) is 0 Å². The maximum Gasteiger partial charge on any atom is 0.455 e. The lowest BCUT2D eigenvalue weighted by atomic mass is 9.97. The summed E-state index contributed by atoms with van der Waals surface area (Å²) in [6.07, 6.45) is -6.25. The summed E-state index contributed by atoms with van der Waals surface area (Å²) >= 11 is 6.15. The van der Waals surface area contributed by atoms with E-state index in [1.165, 1.54) is 22.5 Å². The van der Waals surface area contributed by atoms with Crippen LogP contribution in [0.1, 0.15) is 24.9 Å². The van der Waals surface area contributed by atoms with Gasteiger partial charge in [0.15, 0.2) is 0 Å². The van der Waals surface area contributed by atoms with Gasteiger partial charge in [0.25, 0.3) is 0 Å². The van der Waals surface area contributed by atoms with Crippen molar-refractivity contribution in [3.8, 4) is 0 Å². The number of nitrogens with one attached hydrogen (secondary N) is 1. The number of hydrogen-bond donors (Lipinski definition) is 1. The van der Waals surface area contributed by atoms with E-state index >= 15 is 0 Å². The van der Waals surface area contributed by atoms with Gasteiger partial charge in [-0.1, -0.05) is 35.9 Å². The summed E-state index contributed by atoms with van der Waals surface area (Å²) in [6, 6.07) is 9.74. The van der Waals surface area contributed by atoms with E-state index in [1.807, 2.05) is 4.90 Å². The molecular weight excluding hydrogens is 527 g/mol. The van der Waals surface area contributed by atoms with Gasteiger partial charge in [0.05, 0.1) is 22.5 Å². The highest BCUT2D eigenvalue weighted by Gasteiger charge is 2.66. The van der Waals surface area contributed by atoms with Crippen LogP contribution in [0.3, 0.4) is 0 Å². The van der Waals surface area contributed by atoms with Crippen LogP contribution in [0.25, 0.3) is 0 Å². The molecule has 0 bridgehead atoms. The lowest BCUT2D eigenvalue weighted by molar-refractivity contribution is -0.289. The number of sulfonamides is 1. The summed E-state index contributed by atoms with van der Waals surface area (Å²) in [6.45, 7) is 3.06. The van der Waals surface area contributed by atoms with E-state index in [4.69, 9.17) is 11.6 Å². The molecule has 6 nitrogen and oxygen atoms in total. The Morgan fingerprint density at radius 2 is 1.67 bits per heavy atom. The van der Waals surface area contributed by atoms with Crippen LogP contribution in [-0.2, 0) is 10.0 Å². The third-order valence-corrected chi connectivity index (χ3v) is 8.81. The lowest BCUT2D eigenvalue weighted by Gasteiger charge is -2.35. The molecule has 0 amide bonds. The second-order valence-electron chi connectivity index (χ2n) is 8.76. The van der Waals surface area contributed by atoms with Gasteiger partial charge in [-0.3, -0.25) is 5.01 Å². The van der Waals surface area contributed by atoms with Crippen molar-refractivity contribution in [3.63, 3.8) is 0 Å². The molecule has 2 aromatic rings. The van der Waals surface area contributed by atoms with Gasteiger partial charge in [0.1, 0.15) is 6.04 Å². The number of halogens is 6. The minimum absolute atomic E-state index is 0.0154. The molecule has 0 radical (unpaired) electrons. The first-order valence-electron chi connectivity index (χ1n) is 11.4. The molecule has 0 spiro atoms. The first-order valence-corrected chi connectivity index (χ1v) is 13.4. The number of piperazine rings is 1. The van der Waals surface area contributed by atoms with Gasteiger partial charge >= 0.3 is 12.1 Å². The van der Waals surface area contributed by atoms with Crippen LogP contribution < -0.4 is 15.3 Å². The van der Waals surface area contributed by atoms with Crippen LogP contribution in [0.2, 0.25) is 5.02 Å². The summed E-state index contributed by atoms with van der Waals surface area (Å²) < 4.78 is 95.0. The van der Waals surface area contributed by atoms with Crippen molar-refractivity contribution in [2.45, 2.75) is 37.5 Å². The molecule has 0 aromatic heterocycles. The number of hydrazine groups is 1. The van der Waals surface area contributed by atoms with Crippen LogP contribution in [0.5, 0.6) is 0 Å². The Labute approximate surface area is 211 Å². The Morgan fingerprint density at radius 1 is 1.00 bits per heavy atom. The fourth-order valence-electron chi connectivity index (χ4n) is 4.58. The molecule has 2 saturated heterocycles. The molecule has 2 heterocycles. The predicted octanol–water partition coefficient (Wildman–Crippen LogP) is 4.83. The summed E-state index contributed by atoms with van der Waals surface area (Å²) in [7, 11) is -3.30. The smallest absolute Gasteiger partial charge is 0.369 e. The Balaban J connectivity index is 1.59. The summed E-state index contributed by atoms with van der Waals surface area (Å²) in [4.78, 5) is 1.97. The third kappa shape index (κ3) is 5.13. The van der Waals surface area contributed by atoms with Gasteiger partial charge in [0, 0.05) is 31.9 Å². The quantitative estimate of drug-likeness (QED) is 0.520. The zero-order chi connectivity index (χ0) is 26.3. The van der Waals surface area contributed by atoms with Gasteiger partial charge in [0.2, 0.25) is 10.0 Å². The molecule has 198 valence electrons. The third-order valence-electron chi connectivity index (χ3n) is 6.61. The average Bonchev–Trinajstić information content (AvgIpc) is 3.30. The molecule has 2 atom stereocenters. The molecule has 2 unspecified atom stereocenters. The summed E-state index contributed by atoms with van der Waals surface area (Å²) in [5.74, 6) is -4.98. The SMILES string of the molecule is CCS(=O)(=O)N1CCN(c2cccc(C3CC(C(F)(F)C(F)(F)F)N(c4ccccc4Cl)N3)c2)CC1. The zero-order valence-corrected chi connectivity index (χ0v) is 20.9. The molecular formula is C23H26ClF5N4O2S. The first kappa shape index (κ1) is 26.9. The maximum absolute atomic E-state index is 14.6. The van der Waals surface area contributed by atoms with Crippen LogP contribution >= 0.6 is 11.6 Å². The van der Waals surface area contributed by atoms with Gasteiger partial charge < -0.3 is 4.90 Å². The topological polar surface area (TPSA) is 55.9 Å². The normalized spacial score (nSPS) is 22.3. The standard InChI is InChI=1S/C23H26ClF5N4O2S/c1-2-36(34,35)32-12-10-31(11-13-32)17-7-5-6-16(14-17)19-15-21(22(25,26)23(27,28)29)33(30-19)20-9-4-3-8-18(20)24/h3-9,14,19,21,30H,2,10-13,15H2,1H3. The van der Waals surface area contributed by atoms with Crippen molar-refractivity contribution < 1.29 is 30.4 Å². The molecule has 1 N–H and O–H groups in total. The van der Waals surface area contributed by atoms with Crippen molar-refractivity contribution in [1.82, 2.24) is 9.73 Å². The lowest BCUT2D eigenvalue weighted by Crippen LogP contribution is -2.55. The molecule has 2 fully saturated rings. The van der Waals surface area contributed by atoms with Gasteiger partial charge in [-0.2, -0.15) is 26.3 Å². The molecule has 0 aliphatic carbocycles. The van der Waals surface area contributed by atoms with Crippen molar-refractivity contribution in [1.29, 1.82) is 0 Å². The zero-order valence-electron chi connectivity index (χ0n) is 19.4. The average molecular weight is 553 g/mol. The van der Waals surface area contributed by atoms with E-state index in [0.29, 0.717) is 31.7 Å². The minimum Gasteiger partial charge on any atom is -0.369 e. The van der Waals surface area contributed by atoms with E-state index in [1.54, 1.807) is 37.3 Å². The molecule has 4 rings (SSSR count). The van der Waals surface area contributed by atoms with Crippen LogP contribution in [0.15, 0.2) is 48.5 Å².